The van der Waals surface area contributed by atoms with E-state index in [4.69, 9.17) is 9.47 Å². The van der Waals surface area contributed by atoms with Crippen LogP contribution in [0, 0.1) is 6.92 Å². The molecule has 3 rings (SSSR count). The van der Waals surface area contributed by atoms with E-state index < -0.39 is 0 Å². The topological polar surface area (TPSA) is 33.7 Å². The van der Waals surface area contributed by atoms with Gasteiger partial charge in [-0.05, 0) is 37.2 Å². The van der Waals surface area contributed by atoms with E-state index in [2.05, 4.69) is 36.3 Å². The lowest BCUT2D eigenvalue weighted by atomic mass is 10.0. The highest BCUT2D eigenvalue weighted by Gasteiger charge is 2.22. The van der Waals surface area contributed by atoms with Crippen molar-refractivity contribution in [1.29, 1.82) is 0 Å². The fourth-order valence-corrected chi connectivity index (χ4v) is 2.39. The van der Waals surface area contributed by atoms with E-state index in [9.17, 15) is 0 Å². The summed E-state index contributed by atoms with van der Waals surface area (Å²) >= 11 is 0. The summed E-state index contributed by atoms with van der Waals surface area (Å²) in [5.41, 5.74) is 2.60. The third kappa shape index (κ3) is 2.18. The first-order valence-electron chi connectivity index (χ1n) is 6.54. The van der Waals surface area contributed by atoms with Crippen molar-refractivity contribution in [2.24, 2.45) is 0 Å². The molecule has 0 aromatic heterocycles. The number of rotatable bonds is 3. The van der Waals surface area contributed by atoms with Crippen LogP contribution in [0.15, 0.2) is 12.1 Å². The number of hydrogen-bond acceptors (Lipinski definition) is 4. The van der Waals surface area contributed by atoms with Crippen molar-refractivity contribution in [2.45, 2.75) is 19.5 Å². The molecule has 18 heavy (non-hydrogen) atoms. The van der Waals surface area contributed by atoms with Gasteiger partial charge in [0.1, 0.15) is 13.2 Å². The average Bonchev–Trinajstić information content (AvgIpc) is 2.27. The lowest BCUT2D eigenvalue weighted by molar-refractivity contribution is 0.166. The monoisotopic (exact) mass is 248 g/mol. The zero-order valence-electron chi connectivity index (χ0n) is 11.0. The molecule has 1 N–H and O–H groups in total. The molecule has 1 fully saturated rings. The molecular formula is C14H20N2O2. The van der Waals surface area contributed by atoms with Crippen molar-refractivity contribution >= 4 is 0 Å². The summed E-state index contributed by atoms with van der Waals surface area (Å²) in [4.78, 5) is 2.40. The highest BCUT2D eigenvalue weighted by atomic mass is 16.6. The molecule has 0 bridgehead atoms. The van der Waals surface area contributed by atoms with Crippen molar-refractivity contribution in [3.8, 4) is 11.5 Å². The Morgan fingerprint density at radius 3 is 2.50 bits per heavy atom. The van der Waals surface area contributed by atoms with Crippen LogP contribution < -0.4 is 14.8 Å². The lowest BCUT2D eigenvalue weighted by Crippen LogP contribution is -2.55. The Labute approximate surface area is 108 Å². The van der Waals surface area contributed by atoms with E-state index in [-0.39, 0.29) is 0 Å². The van der Waals surface area contributed by atoms with Crippen molar-refractivity contribution in [1.82, 2.24) is 10.2 Å². The molecule has 4 nitrogen and oxygen atoms in total. The summed E-state index contributed by atoms with van der Waals surface area (Å²) in [6, 6.07) is 4.89. The normalized spacial score (nSPS) is 18.8. The minimum atomic E-state index is 0.651. The van der Waals surface area contributed by atoms with Crippen LogP contribution in [-0.4, -0.2) is 44.3 Å². The molecule has 0 spiro atoms. The Balaban J connectivity index is 1.78. The second-order valence-electron chi connectivity index (χ2n) is 5.15. The van der Waals surface area contributed by atoms with Crippen LogP contribution >= 0.6 is 0 Å². The lowest BCUT2D eigenvalue weighted by Gasteiger charge is -2.36. The van der Waals surface area contributed by atoms with Crippen LogP contribution in [0.4, 0.5) is 0 Å². The van der Waals surface area contributed by atoms with Crippen LogP contribution in [0.1, 0.15) is 11.1 Å². The molecule has 4 heteroatoms. The number of fused-ring (bicyclic) bond motifs is 1. The Morgan fingerprint density at radius 2 is 1.89 bits per heavy atom. The largest absolute Gasteiger partial charge is 0.486 e. The van der Waals surface area contributed by atoms with Gasteiger partial charge in [0.15, 0.2) is 11.5 Å². The maximum atomic E-state index is 5.65. The predicted octanol–water partition coefficient (Wildman–Crippen LogP) is 1.17. The molecule has 0 saturated carbocycles. The Hall–Kier alpha value is -1.26. The fraction of sp³-hybridized carbons (Fsp3) is 0.571. The van der Waals surface area contributed by atoms with Crippen LogP contribution in [0.5, 0.6) is 11.5 Å². The fourth-order valence-electron chi connectivity index (χ4n) is 2.39. The first-order chi connectivity index (χ1) is 8.74. The van der Waals surface area contributed by atoms with Gasteiger partial charge in [-0.3, -0.25) is 4.90 Å². The Kier molecular flexibility index (Phi) is 3.14. The molecule has 0 radical (unpaired) electrons. The first kappa shape index (κ1) is 11.8. The second-order valence-corrected chi connectivity index (χ2v) is 5.15. The summed E-state index contributed by atoms with van der Waals surface area (Å²) < 4.78 is 11.2. The van der Waals surface area contributed by atoms with Gasteiger partial charge in [0, 0.05) is 25.7 Å². The number of nitrogens with one attached hydrogen (secondary N) is 1. The van der Waals surface area contributed by atoms with Gasteiger partial charge in [-0.1, -0.05) is 0 Å². The molecule has 0 unspecified atom stereocenters. The van der Waals surface area contributed by atoms with E-state index in [0.29, 0.717) is 19.3 Å². The standard InChI is InChI=1S/C14H20N2O2/c1-10-5-13-14(18-4-3-17-13)6-11(10)9-16(2)12-7-15-8-12/h5-6,12,15H,3-4,7-9H2,1-2H3. The Bertz CT molecular complexity index is 444. The van der Waals surface area contributed by atoms with Gasteiger partial charge in [-0.25, -0.2) is 0 Å². The first-order valence-corrected chi connectivity index (χ1v) is 6.54. The zero-order chi connectivity index (χ0) is 12.5. The minimum absolute atomic E-state index is 0.651. The SMILES string of the molecule is Cc1cc2c(cc1CN(C)C1CNC1)OCCO2. The molecule has 0 aliphatic carbocycles. The molecule has 98 valence electrons. The highest BCUT2D eigenvalue weighted by Crippen LogP contribution is 2.33. The summed E-state index contributed by atoms with van der Waals surface area (Å²) in [5.74, 6) is 1.78. The van der Waals surface area contributed by atoms with Crippen molar-refractivity contribution in [2.75, 3.05) is 33.4 Å². The van der Waals surface area contributed by atoms with Gasteiger partial charge in [0.2, 0.25) is 0 Å². The zero-order valence-corrected chi connectivity index (χ0v) is 11.0. The molecule has 1 aromatic rings. The molecule has 0 atom stereocenters. The number of ether oxygens (including phenoxy) is 2. The molecular weight excluding hydrogens is 228 g/mol. The number of hydrogen-bond donors (Lipinski definition) is 1. The highest BCUT2D eigenvalue weighted by molar-refractivity contribution is 5.47. The van der Waals surface area contributed by atoms with Gasteiger partial charge >= 0.3 is 0 Å². The second kappa shape index (κ2) is 4.78. The summed E-state index contributed by atoms with van der Waals surface area (Å²) in [5, 5.41) is 3.31. The van der Waals surface area contributed by atoms with Crippen molar-refractivity contribution < 1.29 is 9.47 Å². The molecule has 2 aliphatic rings. The quantitative estimate of drug-likeness (QED) is 0.870. The van der Waals surface area contributed by atoms with E-state index in [0.717, 1.165) is 31.1 Å². The predicted molar refractivity (Wildman–Crippen MR) is 70.3 cm³/mol. The molecule has 1 aromatic carbocycles. The van der Waals surface area contributed by atoms with E-state index in [1.54, 1.807) is 0 Å². The van der Waals surface area contributed by atoms with E-state index in [1.807, 2.05) is 0 Å². The van der Waals surface area contributed by atoms with Crippen LogP contribution in [0.2, 0.25) is 0 Å². The smallest absolute Gasteiger partial charge is 0.161 e. The van der Waals surface area contributed by atoms with Gasteiger partial charge in [-0.2, -0.15) is 0 Å². The molecule has 1 saturated heterocycles. The number of nitrogens with zero attached hydrogens (tertiary/aromatic N) is 1. The van der Waals surface area contributed by atoms with Crippen molar-refractivity contribution in [3.63, 3.8) is 0 Å². The number of aryl methyl sites for hydroxylation is 1. The summed E-state index contributed by atoms with van der Waals surface area (Å²) in [6.45, 7) is 6.60. The van der Waals surface area contributed by atoms with E-state index >= 15 is 0 Å². The summed E-state index contributed by atoms with van der Waals surface area (Å²) in [7, 11) is 2.18. The van der Waals surface area contributed by atoms with Gasteiger partial charge < -0.3 is 14.8 Å². The van der Waals surface area contributed by atoms with Crippen LogP contribution in [0.25, 0.3) is 0 Å². The average molecular weight is 248 g/mol. The van der Waals surface area contributed by atoms with Crippen LogP contribution in [-0.2, 0) is 6.54 Å². The third-order valence-electron chi connectivity index (χ3n) is 3.80. The molecule has 0 amide bonds. The third-order valence-corrected chi connectivity index (χ3v) is 3.80. The number of likely N-dealkylation sites (N-methyl/N-ethyl adjacent to an activating group) is 1. The van der Waals surface area contributed by atoms with E-state index in [1.165, 1.54) is 11.1 Å². The summed E-state index contributed by atoms with van der Waals surface area (Å²) in [6.07, 6.45) is 0. The van der Waals surface area contributed by atoms with Gasteiger partial charge in [0.25, 0.3) is 0 Å². The van der Waals surface area contributed by atoms with Crippen LogP contribution in [0.3, 0.4) is 0 Å². The maximum Gasteiger partial charge on any atom is 0.161 e. The Morgan fingerprint density at radius 1 is 1.22 bits per heavy atom. The maximum absolute atomic E-state index is 5.65. The van der Waals surface area contributed by atoms with Gasteiger partial charge in [-0.15, -0.1) is 0 Å². The molecule has 2 aliphatic heterocycles. The van der Waals surface area contributed by atoms with Crippen molar-refractivity contribution in [3.05, 3.63) is 23.3 Å². The molecule has 2 heterocycles. The minimum Gasteiger partial charge on any atom is -0.486 e. The number of benzene rings is 1. The van der Waals surface area contributed by atoms with Gasteiger partial charge in [0.05, 0.1) is 0 Å².